The molecule has 20 heavy (non-hydrogen) atoms. The van der Waals surface area contributed by atoms with Crippen LogP contribution in [0, 0.1) is 0 Å². The Kier molecular flexibility index (Phi) is 5.66. The van der Waals surface area contributed by atoms with E-state index in [1.165, 1.54) is 0 Å². The lowest BCUT2D eigenvalue weighted by atomic mass is 10.1. The highest BCUT2D eigenvalue weighted by Gasteiger charge is 2.19. The Bertz CT molecular complexity index is 432. The summed E-state index contributed by atoms with van der Waals surface area (Å²) in [5, 5.41) is 10.2. The second kappa shape index (κ2) is 7.27. The van der Waals surface area contributed by atoms with E-state index in [2.05, 4.69) is 9.80 Å². The van der Waals surface area contributed by atoms with Crippen LogP contribution in [0.2, 0.25) is 5.02 Å². The smallest absolute Gasteiger partial charge is 0.123 e. The van der Waals surface area contributed by atoms with E-state index in [1.54, 1.807) is 7.11 Å². The van der Waals surface area contributed by atoms with Gasteiger partial charge in [0.2, 0.25) is 0 Å². The maximum atomic E-state index is 9.42. The van der Waals surface area contributed by atoms with Gasteiger partial charge in [0, 0.05) is 49.9 Å². The lowest BCUT2D eigenvalue weighted by molar-refractivity contribution is 0.0778. The molecule has 1 heterocycles. The zero-order chi connectivity index (χ0) is 14.5. The first-order valence-electron chi connectivity index (χ1n) is 7.03. The number of piperazine rings is 1. The van der Waals surface area contributed by atoms with Crippen molar-refractivity contribution < 1.29 is 9.84 Å². The number of hydrogen-bond donors (Lipinski definition) is 1. The van der Waals surface area contributed by atoms with Gasteiger partial charge in [-0.3, -0.25) is 9.80 Å². The summed E-state index contributed by atoms with van der Waals surface area (Å²) >= 11 is 6.06. The number of benzene rings is 1. The molecule has 1 saturated heterocycles. The van der Waals surface area contributed by atoms with Crippen LogP contribution in [-0.4, -0.2) is 60.8 Å². The molecule has 1 aliphatic rings. The van der Waals surface area contributed by atoms with Crippen molar-refractivity contribution in [3.05, 3.63) is 28.8 Å². The van der Waals surface area contributed by atoms with Crippen LogP contribution < -0.4 is 4.74 Å². The molecule has 1 N–H and O–H groups in total. The van der Waals surface area contributed by atoms with Gasteiger partial charge in [-0.05, 0) is 25.1 Å². The number of rotatable bonds is 5. The molecule has 0 aromatic heterocycles. The van der Waals surface area contributed by atoms with Gasteiger partial charge in [0.1, 0.15) is 5.75 Å². The maximum absolute atomic E-state index is 9.42. The summed E-state index contributed by atoms with van der Waals surface area (Å²) in [6, 6.07) is 5.74. The second-order valence-electron chi connectivity index (χ2n) is 5.38. The molecule has 1 fully saturated rings. The van der Waals surface area contributed by atoms with E-state index in [-0.39, 0.29) is 6.10 Å². The minimum Gasteiger partial charge on any atom is -0.496 e. The number of β-amino-alcohol motifs (C(OH)–C–C–N with tert-alkyl or cyclic N) is 1. The SMILES string of the molecule is COc1ccc(Cl)cc1CN1CCN(C[C@H](C)O)CC1. The number of nitrogens with zero attached hydrogens (tertiary/aromatic N) is 2. The van der Waals surface area contributed by atoms with Crippen molar-refractivity contribution in [3.8, 4) is 5.75 Å². The van der Waals surface area contributed by atoms with Crippen LogP contribution in [-0.2, 0) is 6.54 Å². The molecule has 0 saturated carbocycles. The molecule has 2 rings (SSSR count). The van der Waals surface area contributed by atoms with Crippen LogP contribution in [0.5, 0.6) is 5.75 Å². The predicted molar refractivity (Wildman–Crippen MR) is 81.4 cm³/mol. The Morgan fingerprint density at radius 2 is 1.90 bits per heavy atom. The molecular weight excluding hydrogens is 276 g/mol. The van der Waals surface area contributed by atoms with Crippen LogP contribution in [0.1, 0.15) is 12.5 Å². The Hall–Kier alpha value is -0.810. The third-order valence-electron chi connectivity index (χ3n) is 3.62. The zero-order valence-corrected chi connectivity index (χ0v) is 12.9. The molecule has 1 aromatic carbocycles. The summed E-state index contributed by atoms with van der Waals surface area (Å²) in [5.41, 5.74) is 1.13. The monoisotopic (exact) mass is 298 g/mol. The molecule has 1 aliphatic heterocycles. The molecule has 0 spiro atoms. The van der Waals surface area contributed by atoms with Gasteiger partial charge in [-0.2, -0.15) is 0 Å². The highest BCUT2D eigenvalue weighted by atomic mass is 35.5. The fraction of sp³-hybridized carbons (Fsp3) is 0.600. The maximum Gasteiger partial charge on any atom is 0.123 e. The lowest BCUT2D eigenvalue weighted by Crippen LogP contribution is -2.47. The molecule has 5 heteroatoms. The van der Waals surface area contributed by atoms with Crippen LogP contribution >= 0.6 is 11.6 Å². The predicted octanol–water partition coefficient (Wildman–Crippen LogP) is 1.85. The van der Waals surface area contributed by atoms with Gasteiger partial charge in [-0.25, -0.2) is 0 Å². The van der Waals surface area contributed by atoms with Gasteiger partial charge in [0.25, 0.3) is 0 Å². The number of aliphatic hydroxyl groups is 1. The minimum atomic E-state index is -0.255. The quantitative estimate of drug-likeness (QED) is 0.900. The average Bonchev–Trinajstić information content (AvgIpc) is 2.41. The van der Waals surface area contributed by atoms with Gasteiger partial charge < -0.3 is 9.84 Å². The van der Waals surface area contributed by atoms with Crippen molar-refractivity contribution in [1.82, 2.24) is 9.80 Å². The van der Waals surface area contributed by atoms with Gasteiger partial charge in [-0.1, -0.05) is 11.6 Å². The number of hydrogen-bond acceptors (Lipinski definition) is 4. The van der Waals surface area contributed by atoms with Crippen molar-refractivity contribution >= 4 is 11.6 Å². The molecule has 1 atom stereocenters. The third kappa shape index (κ3) is 4.35. The number of halogens is 1. The minimum absolute atomic E-state index is 0.255. The Balaban J connectivity index is 1.91. The van der Waals surface area contributed by atoms with E-state index in [4.69, 9.17) is 16.3 Å². The first kappa shape index (κ1) is 15.6. The van der Waals surface area contributed by atoms with E-state index >= 15 is 0 Å². The first-order chi connectivity index (χ1) is 9.58. The molecule has 112 valence electrons. The van der Waals surface area contributed by atoms with Gasteiger partial charge in [-0.15, -0.1) is 0 Å². The molecule has 4 nitrogen and oxygen atoms in total. The number of methoxy groups -OCH3 is 1. The topological polar surface area (TPSA) is 35.9 Å². The van der Waals surface area contributed by atoms with E-state index < -0.39 is 0 Å². The van der Waals surface area contributed by atoms with Crippen LogP contribution in [0.3, 0.4) is 0 Å². The van der Waals surface area contributed by atoms with E-state index in [9.17, 15) is 5.11 Å². The zero-order valence-electron chi connectivity index (χ0n) is 12.2. The summed E-state index contributed by atoms with van der Waals surface area (Å²) in [6.45, 7) is 7.44. The molecule has 0 bridgehead atoms. The lowest BCUT2D eigenvalue weighted by Gasteiger charge is -2.35. The second-order valence-corrected chi connectivity index (χ2v) is 5.82. The summed E-state index contributed by atoms with van der Waals surface area (Å²) in [4.78, 5) is 4.70. The van der Waals surface area contributed by atoms with Gasteiger partial charge >= 0.3 is 0 Å². The summed E-state index contributed by atoms with van der Waals surface area (Å²) in [5.74, 6) is 0.890. The van der Waals surface area contributed by atoms with Crippen molar-refractivity contribution in [2.24, 2.45) is 0 Å². The van der Waals surface area contributed by atoms with Crippen molar-refractivity contribution in [2.45, 2.75) is 19.6 Å². The van der Waals surface area contributed by atoms with Crippen LogP contribution in [0.4, 0.5) is 0 Å². The fourth-order valence-electron chi connectivity index (χ4n) is 2.62. The largest absolute Gasteiger partial charge is 0.496 e. The Morgan fingerprint density at radius 3 is 2.50 bits per heavy atom. The molecule has 0 unspecified atom stereocenters. The Morgan fingerprint density at radius 1 is 1.25 bits per heavy atom. The van der Waals surface area contributed by atoms with E-state index in [0.717, 1.165) is 55.6 Å². The van der Waals surface area contributed by atoms with Crippen LogP contribution in [0.25, 0.3) is 0 Å². The molecule has 0 amide bonds. The van der Waals surface area contributed by atoms with Gasteiger partial charge in [0.05, 0.1) is 13.2 Å². The normalized spacial score (nSPS) is 19.0. The molecular formula is C15H23ClN2O2. The number of ether oxygens (including phenoxy) is 1. The van der Waals surface area contributed by atoms with Crippen molar-refractivity contribution in [2.75, 3.05) is 39.8 Å². The summed E-state index contributed by atoms with van der Waals surface area (Å²) in [6.07, 6.45) is -0.255. The summed E-state index contributed by atoms with van der Waals surface area (Å²) in [7, 11) is 1.69. The molecule has 0 aliphatic carbocycles. The average molecular weight is 299 g/mol. The first-order valence-corrected chi connectivity index (χ1v) is 7.41. The van der Waals surface area contributed by atoms with Gasteiger partial charge in [0.15, 0.2) is 0 Å². The van der Waals surface area contributed by atoms with Crippen LogP contribution in [0.15, 0.2) is 18.2 Å². The standard InChI is InChI=1S/C15H23ClN2O2/c1-12(19)10-17-5-7-18(8-6-17)11-13-9-14(16)3-4-15(13)20-2/h3-4,9,12,19H,5-8,10-11H2,1-2H3/t12-/m0/s1. The van der Waals surface area contributed by atoms with Crippen molar-refractivity contribution in [1.29, 1.82) is 0 Å². The third-order valence-corrected chi connectivity index (χ3v) is 3.86. The van der Waals surface area contributed by atoms with E-state index in [0.29, 0.717) is 0 Å². The van der Waals surface area contributed by atoms with Crippen molar-refractivity contribution in [3.63, 3.8) is 0 Å². The Labute approximate surface area is 125 Å². The summed E-state index contributed by atoms with van der Waals surface area (Å²) < 4.78 is 5.39. The fourth-order valence-corrected chi connectivity index (χ4v) is 2.81. The highest BCUT2D eigenvalue weighted by molar-refractivity contribution is 6.30. The molecule has 1 aromatic rings. The molecule has 0 radical (unpaired) electrons. The van der Waals surface area contributed by atoms with E-state index in [1.807, 2.05) is 25.1 Å². The highest BCUT2D eigenvalue weighted by Crippen LogP contribution is 2.24. The number of aliphatic hydroxyl groups excluding tert-OH is 1.